The molecule has 1 atom stereocenters. The highest BCUT2D eigenvalue weighted by atomic mass is 32.1. The van der Waals surface area contributed by atoms with E-state index in [0.29, 0.717) is 6.42 Å². The fourth-order valence-corrected chi connectivity index (χ4v) is 2.62. The zero-order chi connectivity index (χ0) is 12.3. The molecule has 0 spiro atoms. The maximum absolute atomic E-state index is 10.2. The quantitative estimate of drug-likeness (QED) is 0.905. The highest BCUT2D eigenvalue weighted by molar-refractivity contribution is 7.09. The highest BCUT2D eigenvalue weighted by Crippen LogP contribution is 2.21. The number of aliphatic hydroxyl groups excluding tert-OH is 1. The van der Waals surface area contributed by atoms with E-state index in [2.05, 4.69) is 16.9 Å². The monoisotopic (exact) mass is 248 g/mol. The fourth-order valence-electron chi connectivity index (χ4n) is 1.81. The molecule has 0 aliphatic heterocycles. The van der Waals surface area contributed by atoms with Gasteiger partial charge in [0.2, 0.25) is 0 Å². The Morgan fingerprint density at radius 2 is 2.29 bits per heavy atom. The summed E-state index contributed by atoms with van der Waals surface area (Å²) in [4.78, 5) is 8.64. The Bertz CT molecular complexity index is 496. The second kappa shape index (κ2) is 5.38. The minimum absolute atomic E-state index is 0.544. The molecule has 2 aromatic heterocycles. The lowest BCUT2D eigenvalue weighted by Gasteiger charge is -2.12. The number of thiazole rings is 1. The van der Waals surface area contributed by atoms with Gasteiger partial charge in [0.1, 0.15) is 6.10 Å². The fraction of sp³-hybridized carbons (Fsp3) is 0.385. The number of pyridine rings is 1. The van der Waals surface area contributed by atoms with Crippen molar-refractivity contribution in [2.45, 2.75) is 32.8 Å². The van der Waals surface area contributed by atoms with Crippen LogP contribution < -0.4 is 0 Å². The normalized spacial score (nSPS) is 12.6. The molecule has 0 fully saturated rings. The van der Waals surface area contributed by atoms with Gasteiger partial charge in [0.25, 0.3) is 0 Å². The van der Waals surface area contributed by atoms with E-state index in [1.54, 1.807) is 17.5 Å². The van der Waals surface area contributed by atoms with E-state index >= 15 is 0 Å². The molecular weight excluding hydrogens is 232 g/mol. The summed E-state index contributed by atoms with van der Waals surface area (Å²) in [5.41, 5.74) is 2.89. The predicted molar refractivity (Wildman–Crippen MR) is 69.1 cm³/mol. The molecule has 1 N–H and O–H groups in total. The summed E-state index contributed by atoms with van der Waals surface area (Å²) in [5, 5.41) is 13.2. The van der Waals surface area contributed by atoms with Crippen molar-refractivity contribution in [3.63, 3.8) is 0 Å². The lowest BCUT2D eigenvalue weighted by molar-refractivity contribution is 0.172. The first-order valence-corrected chi connectivity index (χ1v) is 6.61. The van der Waals surface area contributed by atoms with Crippen molar-refractivity contribution < 1.29 is 5.11 Å². The van der Waals surface area contributed by atoms with Crippen LogP contribution in [0.25, 0.3) is 0 Å². The number of aryl methyl sites for hydroxylation is 2. The second-order valence-corrected chi connectivity index (χ2v) is 4.95. The first-order chi connectivity index (χ1) is 8.20. The van der Waals surface area contributed by atoms with E-state index in [9.17, 15) is 5.11 Å². The molecule has 4 heteroatoms. The first-order valence-electron chi connectivity index (χ1n) is 5.73. The van der Waals surface area contributed by atoms with Crippen LogP contribution >= 0.6 is 11.3 Å². The van der Waals surface area contributed by atoms with Crippen LogP contribution in [0.5, 0.6) is 0 Å². The van der Waals surface area contributed by atoms with Gasteiger partial charge in [0.15, 0.2) is 0 Å². The predicted octanol–water partition coefficient (Wildman–Crippen LogP) is 2.69. The van der Waals surface area contributed by atoms with Crippen LogP contribution in [-0.4, -0.2) is 15.1 Å². The number of aliphatic hydroxyl groups is 1. The maximum Gasteiger partial charge on any atom is 0.103 e. The molecule has 2 rings (SSSR count). The van der Waals surface area contributed by atoms with Crippen LogP contribution in [0, 0.1) is 6.92 Å². The SMILES string of the molecule is CCc1cccnc1C(O)Cc1nc(C)cs1. The number of rotatable bonds is 4. The summed E-state index contributed by atoms with van der Waals surface area (Å²) in [7, 11) is 0. The van der Waals surface area contributed by atoms with Crippen molar-refractivity contribution in [3.8, 4) is 0 Å². The molecule has 0 saturated carbocycles. The van der Waals surface area contributed by atoms with Crippen LogP contribution in [0.2, 0.25) is 0 Å². The van der Waals surface area contributed by atoms with Crippen LogP contribution in [0.3, 0.4) is 0 Å². The van der Waals surface area contributed by atoms with E-state index in [4.69, 9.17) is 0 Å². The average Bonchev–Trinajstić information content (AvgIpc) is 2.74. The molecule has 0 bridgehead atoms. The highest BCUT2D eigenvalue weighted by Gasteiger charge is 2.15. The van der Waals surface area contributed by atoms with Crippen LogP contribution in [0.4, 0.5) is 0 Å². The van der Waals surface area contributed by atoms with Gasteiger partial charge >= 0.3 is 0 Å². The van der Waals surface area contributed by atoms with Crippen LogP contribution in [0.1, 0.15) is 35.0 Å². The van der Waals surface area contributed by atoms with Crippen molar-refractivity contribution in [3.05, 3.63) is 45.7 Å². The summed E-state index contributed by atoms with van der Waals surface area (Å²) in [5.74, 6) is 0. The molecule has 0 aliphatic carbocycles. The van der Waals surface area contributed by atoms with Crippen LogP contribution in [0.15, 0.2) is 23.7 Å². The van der Waals surface area contributed by atoms with Crippen molar-refractivity contribution in [2.75, 3.05) is 0 Å². The molecule has 0 aliphatic rings. The van der Waals surface area contributed by atoms with Gasteiger partial charge in [-0.3, -0.25) is 4.98 Å². The van der Waals surface area contributed by atoms with E-state index in [1.807, 2.05) is 24.4 Å². The molecule has 0 amide bonds. The first kappa shape index (κ1) is 12.2. The average molecular weight is 248 g/mol. The summed E-state index contributed by atoms with van der Waals surface area (Å²) in [6.45, 7) is 4.03. The van der Waals surface area contributed by atoms with Gasteiger partial charge in [-0.15, -0.1) is 11.3 Å². The van der Waals surface area contributed by atoms with Gasteiger partial charge in [0, 0.05) is 23.7 Å². The van der Waals surface area contributed by atoms with Gasteiger partial charge in [-0.05, 0) is 25.0 Å². The van der Waals surface area contributed by atoms with Crippen molar-refractivity contribution >= 4 is 11.3 Å². The molecule has 0 aromatic carbocycles. The van der Waals surface area contributed by atoms with Crippen molar-refractivity contribution in [1.29, 1.82) is 0 Å². The molecule has 1 unspecified atom stereocenters. The third-order valence-corrected chi connectivity index (χ3v) is 3.65. The van der Waals surface area contributed by atoms with Crippen LogP contribution in [-0.2, 0) is 12.8 Å². The van der Waals surface area contributed by atoms with Gasteiger partial charge < -0.3 is 5.11 Å². The second-order valence-electron chi connectivity index (χ2n) is 4.00. The van der Waals surface area contributed by atoms with Crippen molar-refractivity contribution in [2.24, 2.45) is 0 Å². The lowest BCUT2D eigenvalue weighted by Crippen LogP contribution is -2.07. The van der Waals surface area contributed by atoms with E-state index in [-0.39, 0.29) is 0 Å². The largest absolute Gasteiger partial charge is 0.386 e. The minimum Gasteiger partial charge on any atom is -0.386 e. The van der Waals surface area contributed by atoms with Gasteiger partial charge in [-0.25, -0.2) is 4.98 Å². The Morgan fingerprint density at radius 1 is 1.47 bits per heavy atom. The Labute approximate surface area is 105 Å². The minimum atomic E-state index is -0.559. The zero-order valence-electron chi connectivity index (χ0n) is 10.1. The molecular formula is C13H16N2OS. The molecule has 90 valence electrons. The number of nitrogens with zero attached hydrogens (tertiary/aromatic N) is 2. The smallest absolute Gasteiger partial charge is 0.103 e. The molecule has 0 radical (unpaired) electrons. The number of hydrogen-bond acceptors (Lipinski definition) is 4. The molecule has 17 heavy (non-hydrogen) atoms. The third kappa shape index (κ3) is 2.90. The third-order valence-electron chi connectivity index (χ3n) is 2.66. The van der Waals surface area contributed by atoms with E-state index < -0.39 is 6.10 Å². The number of aromatic nitrogens is 2. The molecule has 3 nitrogen and oxygen atoms in total. The Balaban J connectivity index is 2.16. The lowest BCUT2D eigenvalue weighted by atomic mass is 10.1. The van der Waals surface area contributed by atoms with E-state index in [1.165, 1.54) is 0 Å². The van der Waals surface area contributed by atoms with E-state index in [0.717, 1.165) is 28.4 Å². The number of hydrogen-bond donors (Lipinski definition) is 1. The standard InChI is InChI=1S/C13H16N2OS/c1-3-10-5-4-6-14-13(10)11(16)7-12-15-9(2)8-17-12/h4-6,8,11,16H,3,7H2,1-2H3. The Morgan fingerprint density at radius 3 is 2.94 bits per heavy atom. The molecule has 2 heterocycles. The Kier molecular flexibility index (Phi) is 3.86. The zero-order valence-corrected chi connectivity index (χ0v) is 10.9. The molecule has 0 saturated heterocycles. The summed E-state index contributed by atoms with van der Waals surface area (Å²) < 4.78 is 0. The van der Waals surface area contributed by atoms with Gasteiger partial charge in [-0.2, -0.15) is 0 Å². The summed E-state index contributed by atoms with van der Waals surface area (Å²) in [6, 6.07) is 3.92. The topological polar surface area (TPSA) is 46.0 Å². The Hall–Kier alpha value is -1.26. The summed E-state index contributed by atoms with van der Waals surface area (Å²) >= 11 is 1.59. The maximum atomic E-state index is 10.2. The van der Waals surface area contributed by atoms with Gasteiger partial charge in [0.05, 0.1) is 10.7 Å². The molecule has 2 aromatic rings. The van der Waals surface area contributed by atoms with Crippen molar-refractivity contribution in [1.82, 2.24) is 9.97 Å². The van der Waals surface area contributed by atoms with Gasteiger partial charge in [-0.1, -0.05) is 13.0 Å². The summed E-state index contributed by atoms with van der Waals surface area (Å²) in [6.07, 6.45) is 2.60.